The third kappa shape index (κ3) is 3.24. The van der Waals surface area contributed by atoms with E-state index >= 15 is 0 Å². The first-order valence-corrected chi connectivity index (χ1v) is 8.90. The number of benzene rings is 1. The highest BCUT2D eigenvalue weighted by Crippen LogP contribution is 2.44. The zero-order chi connectivity index (χ0) is 18.1. The van der Waals surface area contributed by atoms with Crippen LogP contribution in [0.1, 0.15) is 39.6 Å². The maximum absolute atomic E-state index is 13.2. The number of carboxylic acids is 1. The number of thioether (sulfide) groups is 1. The second-order valence-corrected chi connectivity index (χ2v) is 6.83. The lowest BCUT2D eigenvalue weighted by Gasteiger charge is -2.27. The molecule has 1 amide bonds. The number of aromatic carboxylic acids is 1. The molecule has 0 spiro atoms. The summed E-state index contributed by atoms with van der Waals surface area (Å²) >= 11 is 1.39. The molecule has 5 nitrogen and oxygen atoms in total. The molecule has 0 saturated carbocycles. The number of nitrogens with zero attached hydrogens (tertiary/aromatic N) is 2. The van der Waals surface area contributed by atoms with Crippen molar-refractivity contribution in [3.05, 3.63) is 58.7 Å². The van der Waals surface area contributed by atoms with E-state index < -0.39 is 11.3 Å². The molecule has 1 saturated heterocycles. The van der Waals surface area contributed by atoms with E-state index in [1.807, 2.05) is 6.92 Å². The Kier molecular flexibility index (Phi) is 4.76. The summed E-state index contributed by atoms with van der Waals surface area (Å²) in [5.41, 5.74) is 2.31. The Balaban J connectivity index is 2.17. The first kappa shape index (κ1) is 17.4. The standard InChI is InChI=1S/C18H17FN2O3S/c1-3-11-8-10(2)20-15(18(23)24)16(11)21-14(22)9-25-17(21)12-4-6-13(19)7-5-12/h4-8,17H,3,9H2,1-2H3,(H,23,24). The fraction of sp³-hybridized carbons (Fsp3) is 0.278. The fourth-order valence-corrected chi connectivity index (χ4v) is 4.12. The molecular formula is C18H17FN2O3S. The second-order valence-electron chi connectivity index (χ2n) is 5.76. The number of carbonyl (C=O) groups is 2. The van der Waals surface area contributed by atoms with Crippen molar-refractivity contribution in [3.63, 3.8) is 0 Å². The molecule has 1 fully saturated rings. The van der Waals surface area contributed by atoms with Crippen molar-refractivity contribution < 1.29 is 19.1 Å². The number of carbonyl (C=O) groups excluding carboxylic acids is 1. The van der Waals surface area contributed by atoms with Gasteiger partial charge in [0.05, 0.1) is 11.4 Å². The lowest BCUT2D eigenvalue weighted by Crippen LogP contribution is -2.31. The molecule has 7 heteroatoms. The SMILES string of the molecule is CCc1cc(C)nc(C(=O)O)c1N1C(=O)CSC1c1ccc(F)cc1. The number of pyridine rings is 1. The molecular weight excluding hydrogens is 343 g/mol. The molecule has 3 rings (SSSR count). The van der Waals surface area contributed by atoms with Gasteiger partial charge in [0.15, 0.2) is 5.69 Å². The van der Waals surface area contributed by atoms with Gasteiger partial charge >= 0.3 is 5.97 Å². The number of rotatable bonds is 4. The Morgan fingerprint density at radius 1 is 1.40 bits per heavy atom. The molecule has 1 aromatic heterocycles. The van der Waals surface area contributed by atoms with Crippen LogP contribution >= 0.6 is 11.8 Å². The van der Waals surface area contributed by atoms with Gasteiger partial charge in [0.2, 0.25) is 5.91 Å². The van der Waals surface area contributed by atoms with E-state index in [0.717, 1.165) is 11.1 Å². The van der Waals surface area contributed by atoms with Crippen LogP contribution in [0.25, 0.3) is 0 Å². The molecule has 1 aromatic carbocycles. The van der Waals surface area contributed by atoms with Crippen LogP contribution < -0.4 is 4.90 Å². The van der Waals surface area contributed by atoms with Gasteiger partial charge in [-0.2, -0.15) is 0 Å². The van der Waals surface area contributed by atoms with E-state index in [1.165, 1.54) is 28.8 Å². The molecule has 0 bridgehead atoms. The number of aromatic nitrogens is 1. The van der Waals surface area contributed by atoms with Crippen LogP contribution in [-0.4, -0.2) is 27.7 Å². The van der Waals surface area contributed by atoms with E-state index in [1.54, 1.807) is 25.1 Å². The quantitative estimate of drug-likeness (QED) is 0.903. The fourth-order valence-electron chi connectivity index (χ4n) is 2.96. The molecule has 130 valence electrons. The van der Waals surface area contributed by atoms with Crippen molar-refractivity contribution in [3.8, 4) is 0 Å². The molecule has 25 heavy (non-hydrogen) atoms. The van der Waals surface area contributed by atoms with Crippen LogP contribution in [0, 0.1) is 12.7 Å². The van der Waals surface area contributed by atoms with E-state index in [0.29, 0.717) is 17.8 Å². The van der Waals surface area contributed by atoms with Crippen LogP contribution in [0.3, 0.4) is 0 Å². The Labute approximate surface area is 148 Å². The highest BCUT2D eigenvalue weighted by Gasteiger charge is 2.38. The predicted molar refractivity (Wildman–Crippen MR) is 94.4 cm³/mol. The van der Waals surface area contributed by atoms with Gasteiger partial charge in [-0.1, -0.05) is 19.1 Å². The smallest absolute Gasteiger partial charge is 0.356 e. The molecule has 0 aliphatic carbocycles. The van der Waals surface area contributed by atoms with Crippen molar-refractivity contribution in [2.24, 2.45) is 0 Å². The molecule has 1 aliphatic rings. The van der Waals surface area contributed by atoms with Crippen LogP contribution in [0.2, 0.25) is 0 Å². The van der Waals surface area contributed by atoms with Gasteiger partial charge in [-0.25, -0.2) is 14.2 Å². The highest BCUT2D eigenvalue weighted by atomic mass is 32.2. The topological polar surface area (TPSA) is 70.5 Å². The number of hydrogen-bond donors (Lipinski definition) is 1. The second kappa shape index (κ2) is 6.84. The van der Waals surface area contributed by atoms with Gasteiger partial charge in [-0.3, -0.25) is 9.69 Å². The zero-order valence-electron chi connectivity index (χ0n) is 13.8. The van der Waals surface area contributed by atoms with E-state index in [2.05, 4.69) is 4.98 Å². The molecule has 0 radical (unpaired) electrons. The molecule has 1 atom stereocenters. The van der Waals surface area contributed by atoms with E-state index in [4.69, 9.17) is 0 Å². The average Bonchev–Trinajstić information content (AvgIpc) is 2.96. The minimum absolute atomic E-state index is 0.125. The first-order valence-electron chi connectivity index (χ1n) is 7.85. The van der Waals surface area contributed by atoms with Gasteiger partial charge in [-0.15, -0.1) is 11.8 Å². The summed E-state index contributed by atoms with van der Waals surface area (Å²) < 4.78 is 13.2. The van der Waals surface area contributed by atoms with Gasteiger partial charge < -0.3 is 5.11 Å². The summed E-state index contributed by atoms with van der Waals surface area (Å²) in [4.78, 5) is 29.9. The number of halogens is 1. The monoisotopic (exact) mass is 360 g/mol. The Morgan fingerprint density at radius 2 is 2.08 bits per heavy atom. The largest absolute Gasteiger partial charge is 0.476 e. The molecule has 2 aromatic rings. The number of hydrogen-bond acceptors (Lipinski definition) is 4. The van der Waals surface area contributed by atoms with Gasteiger partial charge in [0, 0.05) is 5.69 Å². The van der Waals surface area contributed by atoms with Crippen LogP contribution in [0.15, 0.2) is 30.3 Å². The number of carboxylic acid groups (broad SMARTS) is 1. The third-order valence-corrected chi connectivity index (χ3v) is 5.26. The zero-order valence-corrected chi connectivity index (χ0v) is 14.6. The van der Waals surface area contributed by atoms with Crippen LogP contribution in [-0.2, 0) is 11.2 Å². The van der Waals surface area contributed by atoms with Gasteiger partial charge in [0.25, 0.3) is 0 Å². The van der Waals surface area contributed by atoms with Gasteiger partial charge in [-0.05, 0) is 42.7 Å². The first-order chi connectivity index (χ1) is 11.9. The van der Waals surface area contributed by atoms with Crippen molar-refractivity contribution in [2.45, 2.75) is 25.6 Å². The lowest BCUT2D eigenvalue weighted by molar-refractivity contribution is -0.115. The Morgan fingerprint density at radius 3 is 2.68 bits per heavy atom. The lowest BCUT2D eigenvalue weighted by atomic mass is 10.1. The number of amides is 1. The maximum Gasteiger partial charge on any atom is 0.356 e. The van der Waals surface area contributed by atoms with Crippen LogP contribution in [0.5, 0.6) is 0 Å². The summed E-state index contributed by atoms with van der Waals surface area (Å²) in [7, 11) is 0. The Hall–Kier alpha value is -2.41. The van der Waals surface area contributed by atoms with Crippen molar-refractivity contribution >= 4 is 29.3 Å². The third-order valence-electron chi connectivity index (χ3n) is 4.05. The molecule has 1 aliphatic heterocycles. The van der Waals surface area contributed by atoms with E-state index in [-0.39, 0.29) is 23.2 Å². The highest BCUT2D eigenvalue weighted by molar-refractivity contribution is 8.00. The van der Waals surface area contributed by atoms with Crippen molar-refractivity contribution in [1.29, 1.82) is 0 Å². The van der Waals surface area contributed by atoms with E-state index in [9.17, 15) is 19.1 Å². The van der Waals surface area contributed by atoms with Crippen molar-refractivity contribution in [1.82, 2.24) is 4.98 Å². The predicted octanol–water partition coefficient (Wildman–Crippen LogP) is 3.57. The maximum atomic E-state index is 13.2. The summed E-state index contributed by atoms with van der Waals surface area (Å²) in [6, 6.07) is 7.71. The van der Waals surface area contributed by atoms with Crippen LogP contribution in [0.4, 0.5) is 10.1 Å². The number of aryl methyl sites for hydroxylation is 2. The summed E-state index contributed by atoms with van der Waals surface area (Å²) in [5.74, 6) is -1.47. The molecule has 1 N–H and O–H groups in total. The number of anilines is 1. The average molecular weight is 360 g/mol. The normalized spacial score (nSPS) is 17.2. The molecule has 2 heterocycles. The van der Waals surface area contributed by atoms with Gasteiger partial charge in [0.1, 0.15) is 11.2 Å². The minimum atomic E-state index is -1.17. The summed E-state index contributed by atoms with van der Waals surface area (Å²) in [5, 5.41) is 9.19. The Bertz CT molecular complexity index is 839. The summed E-state index contributed by atoms with van der Waals surface area (Å²) in [6.45, 7) is 3.64. The summed E-state index contributed by atoms with van der Waals surface area (Å²) in [6.07, 6.45) is 0.573. The minimum Gasteiger partial charge on any atom is -0.476 e. The van der Waals surface area contributed by atoms with Crippen molar-refractivity contribution in [2.75, 3.05) is 10.7 Å². The molecule has 1 unspecified atom stereocenters.